The Morgan fingerprint density at radius 1 is 1.18 bits per heavy atom. The average molecular weight is 558 g/mol. The first-order valence-corrected chi connectivity index (χ1v) is 14.2. The van der Waals surface area contributed by atoms with E-state index in [1.807, 2.05) is 26.0 Å². The maximum absolute atomic E-state index is 13.9. The van der Waals surface area contributed by atoms with Gasteiger partial charge in [0, 0.05) is 17.5 Å². The van der Waals surface area contributed by atoms with Crippen LogP contribution in [0.5, 0.6) is 5.75 Å². The van der Waals surface area contributed by atoms with Crippen molar-refractivity contribution < 1.29 is 24.2 Å². The lowest BCUT2D eigenvalue weighted by Gasteiger charge is -2.38. The van der Waals surface area contributed by atoms with Gasteiger partial charge >= 0.3 is 0 Å². The number of anilines is 2. The zero-order valence-electron chi connectivity index (χ0n) is 21.6. The molecular weight excluding hydrogens is 526 g/mol. The molecule has 6 atom stereocenters. The van der Waals surface area contributed by atoms with Crippen molar-refractivity contribution in [3.63, 3.8) is 0 Å². The van der Waals surface area contributed by atoms with E-state index >= 15 is 0 Å². The highest BCUT2D eigenvalue weighted by molar-refractivity contribution is 8.02. The lowest BCUT2D eigenvalue weighted by Crippen LogP contribution is -2.55. The molecule has 38 heavy (non-hydrogen) atoms. The molecule has 3 aliphatic rings. The Balaban J connectivity index is 1.46. The number of amides is 3. The summed E-state index contributed by atoms with van der Waals surface area (Å²) in [6.45, 7) is 6.09. The third-order valence-electron chi connectivity index (χ3n) is 8.04. The Hall–Kier alpha value is -2.75. The minimum atomic E-state index is -0.837. The van der Waals surface area contributed by atoms with Gasteiger partial charge in [0.1, 0.15) is 11.8 Å². The smallest absolute Gasteiger partial charge is 0.248 e. The maximum Gasteiger partial charge on any atom is 0.248 e. The minimum Gasteiger partial charge on any atom is -0.494 e. The Morgan fingerprint density at radius 2 is 1.92 bits per heavy atom. The molecule has 3 saturated heterocycles. The van der Waals surface area contributed by atoms with Crippen LogP contribution < -0.4 is 15.4 Å². The summed E-state index contributed by atoms with van der Waals surface area (Å²) >= 11 is 7.97. The van der Waals surface area contributed by atoms with Crippen LogP contribution in [0.15, 0.2) is 42.5 Å². The second-order valence-corrected chi connectivity index (χ2v) is 12.1. The maximum atomic E-state index is 13.9. The Bertz CT molecular complexity index is 1240. The van der Waals surface area contributed by atoms with E-state index in [-0.39, 0.29) is 42.0 Å². The highest BCUT2D eigenvalue weighted by Gasteiger charge is 2.75. The molecule has 3 N–H and O–H groups in total. The number of aliphatic hydroxyl groups excluding tert-OH is 1. The van der Waals surface area contributed by atoms with Crippen LogP contribution in [-0.4, -0.2) is 63.5 Å². The number of aryl methyl sites for hydroxylation is 1. The molecule has 3 unspecified atom stereocenters. The number of nitrogens with zero attached hydrogens (tertiary/aromatic N) is 1. The fourth-order valence-electron chi connectivity index (χ4n) is 6.48. The molecule has 1 spiro atoms. The zero-order valence-corrected chi connectivity index (χ0v) is 23.1. The van der Waals surface area contributed by atoms with Gasteiger partial charge in [0.25, 0.3) is 0 Å². The van der Waals surface area contributed by atoms with Crippen molar-refractivity contribution in [3.05, 3.63) is 53.1 Å². The summed E-state index contributed by atoms with van der Waals surface area (Å²) in [6.07, 6.45) is 0.720. The first-order valence-electron chi connectivity index (χ1n) is 12.9. The third-order valence-corrected chi connectivity index (χ3v) is 10.4. The van der Waals surface area contributed by atoms with Crippen molar-refractivity contribution in [2.75, 3.05) is 30.4 Å². The van der Waals surface area contributed by atoms with Crippen molar-refractivity contribution in [1.29, 1.82) is 0 Å². The SMILES string of the molecule is CCOc1ccc(NC(=O)[C@@H]2[C@H]3C(=O)N(CCO)C(C(=O)Nc4c(C)cccc4Cl)C34S[C@@H]2CC4C)cc1. The van der Waals surface area contributed by atoms with Gasteiger partial charge in [0.05, 0.1) is 40.5 Å². The summed E-state index contributed by atoms with van der Waals surface area (Å²) in [6, 6.07) is 11.7. The highest BCUT2D eigenvalue weighted by atomic mass is 35.5. The van der Waals surface area contributed by atoms with Gasteiger partial charge in [0.15, 0.2) is 0 Å². The van der Waals surface area contributed by atoms with Crippen molar-refractivity contribution >= 4 is 52.5 Å². The molecule has 8 nitrogen and oxygen atoms in total. The molecular formula is C28H32ClN3O5S. The summed E-state index contributed by atoms with van der Waals surface area (Å²) < 4.78 is 4.70. The van der Waals surface area contributed by atoms with Gasteiger partial charge in [-0.3, -0.25) is 14.4 Å². The summed E-state index contributed by atoms with van der Waals surface area (Å²) in [4.78, 5) is 42.9. The standard InChI is InChI=1S/C28H32ClN3O5S/c1-4-37-18-10-8-17(9-11-18)30-25(34)21-20-14-16(3)28(38-20)22(21)27(36)32(12-13-33)24(28)26(35)31-23-15(2)6-5-7-19(23)29/h5-11,16,20-22,24,33H,4,12-14H2,1-3H3,(H,30,34)(H,31,35)/t16?,20-,21+,22+,24?,28?/m1/s1. The lowest BCUT2D eigenvalue weighted by atomic mass is 9.66. The van der Waals surface area contributed by atoms with E-state index in [0.717, 1.165) is 12.0 Å². The van der Waals surface area contributed by atoms with Crippen molar-refractivity contribution in [1.82, 2.24) is 4.90 Å². The summed E-state index contributed by atoms with van der Waals surface area (Å²) in [5.41, 5.74) is 1.93. The third kappa shape index (κ3) is 4.25. The van der Waals surface area contributed by atoms with E-state index < -0.39 is 22.6 Å². The van der Waals surface area contributed by atoms with Gasteiger partial charge in [-0.25, -0.2) is 0 Å². The number of ether oxygens (including phenoxy) is 1. The van der Waals surface area contributed by atoms with E-state index in [9.17, 15) is 19.5 Å². The fraction of sp³-hybridized carbons (Fsp3) is 0.464. The van der Waals surface area contributed by atoms with Crippen LogP contribution in [0.1, 0.15) is 25.8 Å². The van der Waals surface area contributed by atoms with Crippen LogP contribution in [0, 0.1) is 24.7 Å². The number of β-amino-alcohol motifs (C(OH)–C–C–N with tert-alkyl or cyclic N) is 1. The fourth-order valence-corrected chi connectivity index (χ4v) is 9.17. The number of fused-ring (bicyclic) bond motifs is 1. The van der Waals surface area contributed by atoms with Crippen LogP contribution in [0.25, 0.3) is 0 Å². The van der Waals surface area contributed by atoms with Crippen LogP contribution in [0.4, 0.5) is 11.4 Å². The molecule has 2 aromatic rings. The Kier molecular flexibility index (Phi) is 7.37. The molecule has 2 aromatic carbocycles. The van der Waals surface area contributed by atoms with Gasteiger partial charge < -0.3 is 25.4 Å². The van der Waals surface area contributed by atoms with Crippen molar-refractivity contribution in [2.45, 2.75) is 43.2 Å². The number of likely N-dealkylation sites (tertiary alicyclic amines) is 1. The predicted octanol–water partition coefficient (Wildman–Crippen LogP) is 3.95. The number of halogens is 1. The van der Waals surface area contributed by atoms with Gasteiger partial charge in [-0.05, 0) is 62.1 Å². The van der Waals surface area contributed by atoms with Crippen LogP contribution in [0.2, 0.25) is 5.02 Å². The second-order valence-electron chi connectivity index (χ2n) is 10.2. The van der Waals surface area contributed by atoms with Gasteiger partial charge in [-0.15, -0.1) is 11.8 Å². The predicted molar refractivity (Wildman–Crippen MR) is 149 cm³/mol. The summed E-state index contributed by atoms with van der Waals surface area (Å²) in [5, 5.41) is 16.1. The normalized spacial score (nSPS) is 29.3. The first kappa shape index (κ1) is 26.8. The monoisotopic (exact) mass is 557 g/mol. The molecule has 0 aliphatic carbocycles. The number of thioether (sulfide) groups is 1. The molecule has 0 saturated carbocycles. The van der Waals surface area contributed by atoms with Gasteiger partial charge in [0.2, 0.25) is 17.7 Å². The average Bonchev–Trinajstić information content (AvgIpc) is 3.47. The number of rotatable bonds is 8. The molecule has 0 radical (unpaired) electrons. The minimum absolute atomic E-state index is 0.0157. The number of nitrogens with one attached hydrogen (secondary N) is 2. The Labute approximate surface area is 231 Å². The number of hydrogen-bond acceptors (Lipinski definition) is 6. The number of carbonyl (C=O) groups excluding carboxylic acids is 3. The largest absolute Gasteiger partial charge is 0.494 e. The van der Waals surface area contributed by atoms with Crippen LogP contribution in [0.3, 0.4) is 0 Å². The van der Waals surface area contributed by atoms with E-state index in [0.29, 0.717) is 28.8 Å². The molecule has 5 rings (SSSR count). The molecule has 2 bridgehead atoms. The lowest BCUT2D eigenvalue weighted by molar-refractivity contribution is -0.138. The van der Waals surface area contributed by atoms with Crippen molar-refractivity contribution in [2.24, 2.45) is 17.8 Å². The van der Waals surface area contributed by atoms with Gasteiger partial charge in [-0.1, -0.05) is 30.7 Å². The van der Waals surface area contributed by atoms with Crippen LogP contribution >= 0.6 is 23.4 Å². The number of carbonyl (C=O) groups is 3. The molecule has 202 valence electrons. The number of para-hydroxylation sites is 1. The number of hydrogen-bond donors (Lipinski definition) is 3. The number of benzene rings is 2. The number of aliphatic hydroxyl groups is 1. The molecule has 3 aliphatic heterocycles. The van der Waals surface area contributed by atoms with Gasteiger partial charge in [-0.2, -0.15) is 0 Å². The van der Waals surface area contributed by atoms with E-state index in [4.69, 9.17) is 16.3 Å². The van der Waals surface area contributed by atoms with Crippen molar-refractivity contribution in [3.8, 4) is 5.75 Å². The molecule has 0 aromatic heterocycles. The topological polar surface area (TPSA) is 108 Å². The highest BCUT2D eigenvalue weighted by Crippen LogP contribution is 2.68. The molecule has 3 amide bonds. The summed E-state index contributed by atoms with van der Waals surface area (Å²) in [5.74, 6) is -1.36. The summed E-state index contributed by atoms with van der Waals surface area (Å²) in [7, 11) is 0. The molecule has 3 fully saturated rings. The van der Waals surface area contributed by atoms with Crippen LogP contribution in [-0.2, 0) is 14.4 Å². The molecule has 3 heterocycles. The van der Waals surface area contributed by atoms with E-state index in [1.54, 1.807) is 42.1 Å². The second kappa shape index (κ2) is 10.4. The van der Waals surface area contributed by atoms with E-state index in [2.05, 4.69) is 17.6 Å². The quantitative estimate of drug-likeness (QED) is 0.453. The van der Waals surface area contributed by atoms with E-state index in [1.165, 1.54) is 4.90 Å². The first-order chi connectivity index (χ1) is 18.2. The molecule has 10 heteroatoms. The Morgan fingerprint density at radius 3 is 2.58 bits per heavy atom. The zero-order chi connectivity index (χ0) is 27.2.